The van der Waals surface area contributed by atoms with Crippen molar-refractivity contribution in [2.24, 2.45) is 0 Å². The summed E-state index contributed by atoms with van der Waals surface area (Å²) in [4.78, 5) is 14.6. The molecule has 0 aliphatic carbocycles. The van der Waals surface area contributed by atoms with E-state index in [1.54, 1.807) is 18.2 Å². The van der Waals surface area contributed by atoms with Crippen molar-refractivity contribution >= 4 is 38.2 Å². The first-order valence-electron chi connectivity index (χ1n) is 7.01. The monoisotopic (exact) mass is 367 g/mol. The SMILES string of the molecule is O=c1ccc(NS(=O)(=O)c2c[nH]c3cc(Cl)ccc23)cn1CCO. The first-order chi connectivity index (χ1) is 11.4. The number of halogens is 1. The lowest BCUT2D eigenvalue weighted by atomic mass is 10.2. The summed E-state index contributed by atoms with van der Waals surface area (Å²) in [5.74, 6) is 0. The van der Waals surface area contributed by atoms with Crippen LogP contribution >= 0.6 is 11.6 Å². The summed E-state index contributed by atoms with van der Waals surface area (Å²) < 4.78 is 28.9. The molecule has 3 aromatic rings. The van der Waals surface area contributed by atoms with E-state index in [0.717, 1.165) is 0 Å². The van der Waals surface area contributed by atoms with E-state index in [9.17, 15) is 13.2 Å². The minimum Gasteiger partial charge on any atom is -0.395 e. The van der Waals surface area contributed by atoms with Crippen LogP contribution < -0.4 is 10.3 Å². The highest BCUT2D eigenvalue weighted by molar-refractivity contribution is 7.93. The third-order valence-electron chi connectivity index (χ3n) is 3.47. The zero-order valence-corrected chi connectivity index (χ0v) is 13.9. The number of aromatic nitrogens is 2. The zero-order chi connectivity index (χ0) is 17.3. The summed E-state index contributed by atoms with van der Waals surface area (Å²) in [6.45, 7) is -0.140. The molecule has 0 fully saturated rings. The highest BCUT2D eigenvalue weighted by Gasteiger charge is 2.19. The van der Waals surface area contributed by atoms with Gasteiger partial charge in [0.15, 0.2) is 0 Å². The van der Waals surface area contributed by atoms with Crippen LogP contribution in [0.25, 0.3) is 10.9 Å². The maximum atomic E-state index is 12.6. The van der Waals surface area contributed by atoms with Gasteiger partial charge < -0.3 is 14.7 Å². The first-order valence-corrected chi connectivity index (χ1v) is 8.87. The van der Waals surface area contributed by atoms with E-state index >= 15 is 0 Å². The average Bonchev–Trinajstić information content (AvgIpc) is 2.94. The molecule has 0 atom stereocenters. The van der Waals surface area contributed by atoms with Gasteiger partial charge in [0.25, 0.3) is 15.6 Å². The van der Waals surface area contributed by atoms with Gasteiger partial charge in [0, 0.05) is 40.9 Å². The van der Waals surface area contributed by atoms with E-state index in [0.29, 0.717) is 15.9 Å². The standard InChI is InChI=1S/C15H14ClN3O4S/c16-10-1-3-12-13(7-10)17-8-14(12)24(22,23)18-11-2-4-15(21)19(9-11)5-6-20/h1-4,7-9,17-18,20H,5-6H2. The number of aliphatic hydroxyl groups is 1. The number of aromatic amines is 1. The molecule has 9 heteroatoms. The van der Waals surface area contributed by atoms with Gasteiger partial charge in [-0.2, -0.15) is 0 Å². The predicted molar refractivity (Wildman–Crippen MR) is 91.9 cm³/mol. The van der Waals surface area contributed by atoms with Crippen LogP contribution in [0.4, 0.5) is 5.69 Å². The lowest BCUT2D eigenvalue weighted by Crippen LogP contribution is -2.22. The fourth-order valence-electron chi connectivity index (χ4n) is 2.38. The lowest BCUT2D eigenvalue weighted by Gasteiger charge is -2.10. The van der Waals surface area contributed by atoms with E-state index < -0.39 is 10.0 Å². The highest BCUT2D eigenvalue weighted by Crippen LogP contribution is 2.26. The third kappa shape index (κ3) is 3.16. The van der Waals surface area contributed by atoms with Crippen LogP contribution in [-0.2, 0) is 16.6 Å². The Morgan fingerprint density at radius 2 is 2.04 bits per heavy atom. The van der Waals surface area contributed by atoms with Gasteiger partial charge >= 0.3 is 0 Å². The Bertz CT molecular complexity index is 1060. The van der Waals surface area contributed by atoms with Gasteiger partial charge in [-0.25, -0.2) is 8.42 Å². The van der Waals surface area contributed by atoms with Gasteiger partial charge in [0.2, 0.25) is 0 Å². The van der Waals surface area contributed by atoms with E-state index in [4.69, 9.17) is 16.7 Å². The summed E-state index contributed by atoms with van der Waals surface area (Å²) in [7, 11) is -3.86. The molecule has 0 aliphatic heterocycles. The Morgan fingerprint density at radius 3 is 2.79 bits per heavy atom. The first kappa shape index (κ1) is 16.6. The number of nitrogens with one attached hydrogen (secondary N) is 2. The maximum Gasteiger partial charge on any atom is 0.264 e. The molecule has 0 amide bonds. The molecule has 7 nitrogen and oxygen atoms in total. The number of hydrogen-bond acceptors (Lipinski definition) is 4. The van der Waals surface area contributed by atoms with Crippen molar-refractivity contribution in [3.05, 3.63) is 58.1 Å². The van der Waals surface area contributed by atoms with E-state index in [1.807, 2.05) is 0 Å². The molecule has 3 rings (SSSR count). The fourth-order valence-corrected chi connectivity index (χ4v) is 3.77. The minimum atomic E-state index is -3.86. The largest absolute Gasteiger partial charge is 0.395 e. The van der Waals surface area contributed by atoms with Crippen molar-refractivity contribution in [2.75, 3.05) is 11.3 Å². The highest BCUT2D eigenvalue weighted by atomic mass is 35.5. The van der Waals surface area contributed by atoms with Crippen LogP contribution in [0, 0.1) is 0 Å². The molecular weight excluding hydrogens is 354 g/mol. The molecule has 2 aromatic heterocycles. The molecular formula is C15H14ClN3O4S. The molecule has 24 heavy (non-hydrogen) atoms. The van der Waals surface area contributed by atoms with Crippen molar-refractivity contribution in [3.8, 4) is 0 Å². The summed E-state index contributed by atoms with van der Waals surface area (Å²) in [5, 5.41) is 9.95. The normalized spacial score (nSPS) is 11.8. The second kappa shape index (κ2) is 6.31. The maximum absolute atomic E-state index is 12.6. The van der Waals surface area contributed by atoms with Crippen LogP contribution in [-0.4, -0.2) is 29.7 Å². The van der Waals surface area contributed by atoms with Crippen LogP contribution in [0.1, 0.15) is 0 Å². The van der Waals surface area contributed by atoms with Gasteiger partial charge in [0.1, 0.15) is 4.90 Å². The molecule has 0 spiro atoms. The summed E-state index contributed by atoms with van der Waals surface area (Å²) in [5.41, 5.74) is 0.508. The van der Waals surface area contributed by atoms with Gasteiger partial charge in [-0.15, -0.1) is 0 Å². The number of nitrogens with zero attached hydrogens (tertiary/aromatic N) is 1. The number of aliphatic hydroxyl groups excluding tert-OH is 1. The summed E-state index contributed by atoms with van der Waals surface area (Å²) in [6.07, 6.45) is 2.73. The van der Waals surface area contributed by atoms with Crippen molar-refractivity contribution in [1.82, 2.24) is 9.55 Å². The van der Waals surface area contributed by atoms with Gasteiger partial charge in [-0.1, -0.05) is 11.6 Å². The Kier molecular flexibility index (Phi) is 4.35. The summed E-state index contributed by atoms with van der Waals surface area (Å²) in [6, 6.07) is 7.48. The Morgan fingerprint density at radius 1 is 1.25 bits per heavy atom. The molecule has 0 saturated carbocycles. The number of fused-ring (bicyclic) bond motifs is 1. The Balaban J connectivity index is 1.99. The van der Waals surface area contributed by atoms with Crippen LogP contribution in [0.3, 0.4) is 0 Å². The second-order valence-corrected chi connectivity index (χ2v) is 7.21. The van der Waals surface area contributed by atoms with Crippen LogP contribution in [0.15, 0.2) is 52.4 Å². The molecule has 2 heterocycles. The average molecular weight is 368 g/mol. The van der Waals surface area contributed by atoms with Gasteiger partial charge in [0.05, 0.1) is 12.3 Å². The summed E-state index contributed by atoms with van der Waals surface area (Å²) >= 11 is 5.90. The van der Waals surface area contributed by atoms with Crippen molar-refractivity contribution in [1.29, 1.82) is 0 Å². The van der Waals surface area contributed by atoms with E-state index in [2.05, 4.69) is 9.71 Å². The number of sulfonamides is 1. The number of hydrogen-bond donors (Lipinski definition) is 3. The molecule has 0 aliphatic rings. The quantitative estimate of drug-likeness (QED) is 0.639. The number of anilines is 1. The van der Waals surface area contributed by atoms with Crippen molar-refractivity contribution in [3.63, 3.8) is 0 Å². The van der Waals surface area contributed by atoms with Crippen LogP contribution in [0.5, 0.6) is 0 Å². The number of H-pyrrole nitrogens is 1. The smallest absolute Gasteiger partial charge is 0.264 e. The van der Waals surface area contributed by atoms with Crippen molar-refractivity contribution < 1.29 is 13.5 Å². The molecule has 3 N–H and O–H groups in total. The second-order valence-electron chi connectivity index (χ2n) is 5.12. The predicted octanol–water partition coefficient (Wildman–Crippen LogP) is 1.78. The Hall–Kier alpha value is -2.29. The number of benzene rings is 1. The minimum absolute atomic E-state index is 0.0778. The molecule has 0 saturated heterocycles. The molecule has 0 bridgehead atoms. The molecule has 126 valence electrons. The van der Waals surface area contributed by atoms with E-state index in [1.165, 1.54) is 29.1 Å². The fraction of sp³-hybridized carbons (Fsp3) is 0.133. The van der Waals surface area contributed by atoms with Gasteiger partial charge in [-0.3, -0.25) is 9.52 Å². The number of pyridine rings is 1. The molecule has 0 radical (unpaired) electrons. The van der Waals surface area contributed by atoms with E-state index in [-0.39, 0.29) is 29.3 Å². The van der Waals surface area contributed by atoms with Gasteiger partial charge in [-0.05, 0) is 24.3 Å². The third-order valence-corrected chi connectivity index (χ3v) is 5.13. The van der Waals surface area contributed by atoms with Crippen LogP contribution in [0.2, 0.25) is 5.02 Å². The Labute approximate surface area is 142 Å². The zero-order valence-electron chi connectivity index (χ0n) is 12.4. The topological polar surface area (TPSA) is 104 Å². The number of rotatable bonds is 5. The molecule has 1 aromatic carbocycles. The lowest BCUT2D eigenvalue weighted by molar-refractivity contribution is 0.274. The molecule has 0 unspecified atom stereocenters. The van der Waals surface area contributed by atoms with Crippen molar-refractivity contribution in [2.45, 2.75) is 11.4 Å².